The lowest BCUT2D eigenvalue weighted by molar-refractivity contribution is -0.137. The lowest BCUT2D eigenvalue weighted by atomic mass is 9.79. The van der Waals surface area contributed by atoms with Crippen molar-refractivity contribution in [1.82, 2.24) is 16.0 Å². The Balaban J connectivity index is 1.89. The van der Waals surface area contributed by atoms with Crippen LogP contribution in [0.15, 0.2) is 0 Å². The average Bonchev–Trinajstić information content (AvgIpc) is 2.96. The Labute approximate surface area is 163 Å². The van der Waals surface area contributed by atoms with E-state index in [2.05, 4.69) is 16.0 Å². The first-order chi connectivity index (χ1) is 13.1. The van der Waals surface area contributed by atoms with Crippen LogP contribution in [-0.4, -0.2) is 42.3 Å². The Morgan fingerprint density at radius 2 is 2.00 bits per heavy atom. The van der Waals surface area contributed by atoms with Crippen LogP contribution in [0.1, 0.15) is 52.4 Å². The molecule has 3 N–H and O–H groups in total. The summed E-state index contributed by atoms with van der Waals surface area (Å²) in [7, 11) is 0. The molecule has 3 atom stereocenters. The SMILES string of the molecule is CC(C)C[C@H](NC(=O)CC1CC(F)(F)C1)C(=O)N[C@H](C#N)C[C@@H]1CCNC1=O. The van der Waals surface area contributed by atoms with Crippen LogP contribution in [0, 0.1) is 29.1 Å². The van der Waals surface area contributed by atoms with E-state index in [1.54, 1.807) is 0 Å². The molecule has 7 nitrogen and oxygen atoms in total. The van der Waals surface area contributed by atoms with Crippen LogP contribution in [0.2, 0.25) is 0 Å². The number of nitrogens with zero attached hydrogens (tertiary/aromatic N) is 1. The normalized spacial score (nSPS) is 23.3. The summed E-state index contributed by atoms with van der Waals surface area (Å²) >= 11 is 0. The van der Waals surface area contributed by atoms with E-state index in [0.29, 0.717) is 19.4 Å². The number of rotatable bonds is 9. The third-order valence-electron chi connectivity index (χ3n) is 5.16. The van der Waals surface area contributed by atoms with Crippen LogP contribution < -0.4 is 16.0 Å². The Morgan fingerprint density at radius 3 is 2.50 bits per heavy atom. The molecular weight excluding hydrogens is 370 g/mol. The van der Waals surface area contributed by atoms with Gasteiger partial charge in [0.15, 0.2) is 0 Å². The van der Waals surface area contributed by atoms with Crippen molar-refractivity contribution in [1.29, 1.82) is 5.26 Å². The smallest absolute Gasteiger partial charge is 0.248 e. The zero-order valence-corrected chi connectivity index (χ0v) is 16.3. The molecule has 1 aliphatic heterocycles. The lowest BCUT2D eigenvalue weighted by Gasteiger charge is -2.34. The Bertz CT molecular complexity index is 640. The molecule has 0 unspecified atom stereocenters. The van der Waals surface area contributed by atoms with Crippen LogP contribution in [0.5, 0.6) is 0 Å². The molecule has 0 aromatic carbocycles. The molecule has 28 heavy (non-hydrogen) atoms. The summed E-state index contributed by atoms with van der Waals surface area (Å²) in [5.74, 6) is -4.33. The molecule has 3 amide bonds. The quantitative estimate of drug-likeness (QED) is 0.546. The third-order valence-corrected chi connectivity index (χ3v) is 5.16. The van der Waals surface area contributed by atoms with Crippen LogP contribution >= 0.6 is 0 Å². The van der Waals surface area contributed by atoms with E-state index in [1.807, 2.05) is 19.9 Å². The van der Waals surface area contributed by atoms with Gasteiger partial charge in [0.1, 0.15) is 12.1 Å². The number of carbonyl (C=O) groups is 3. The number of carbonyl (C=O) groups excluding carboxylic acids is 3. The van der Waals surface area contributed by atoms with Gasteiger partial charge in [0, 0.05) is 31.7 Å². The lowest BCUT2D eigenvalue weighted by Crippen LogP contribution is -2.51. The van der Waals surface area contributed by atoms with E-state index in [0.717, 1.165) is 0 Å². The van der Waals surface area contributed by atoms with Crippen molar-refractivity contribution in [3.8, 4) is 6.07 Å². The molecule has 0 spiro atoms. The molecule has 2 fully saturated rings. The first-order valence-electron chi connectivity index (χ1n) is 9.74. The van der Waals surface area contributed by atoms with Crippen molar-refractivity contribution >= 4 is 17.7 Å². The van der Waals surface area contributed by atoms with E-state index < -0.39 is 29.8 Å². The van der Waals surface area contributed by atoms with Gasteiger partial charge in [0.05, 0.1) is 6.07 Å². The summed E-state index contributed by atoms with van der Waals surface area (Å²) in [6.45, 7) is 4.34. The van der Waals surface area contributed by atoms with Gasteiger partial charge in [-0.05, 0) is 31.1 Å². The third kappa shape index (κ3) is 6.43. The van der Waals surface area contributed by atoms with Crippen molar-refractivity contribution in [3.05, 3.63) is 0 Å². The average molecular weight is 398 g/mol. The number of hydrogen-bond donors (Lipinski definition) is 3. The van der Waals surface area contributed by atoms with Crippen LogP contribution in [0.25, 0.3) is 0 Å². The largest absolute Gasteiger partial charge is 0.356 e. The Kier molecular flexibility index (Phi) is 7.33. The topological polar surface area (TPSA) is 111 Å². The molecular formula is C19H28F2N4O3. The van der Waals surface area contributed by atoms with Crippen molar-refractivity contribution < 1.29 is 23.2 Å². The standard InChI is InChI=1S/C19H28F2N4O3/c1-11(2)5-15(25-16(26)6-12-8-19(20,21)9-12)18(28)24-14(10-22)7-13-3-4-23-17(13)27/h11-15H,3-9H2,1-2H3,(H,23,27)(H,24,28)(H,25,26)/t13-,14-,15-/m0/s1. The van der Waals surface area contributed by atoms with Crippen LogP contribution in [0.3, 0.4) is 0 Å². The van der Waals surface area contributed by atoms with Gasteiger partial charge in [-0.1, -0.05) is 13.8 Å². The van der Waals surface area contributed by atoms with Gasteiger partial charge < -0.3 is 16.0 Å². The monoisotopic (exact) mass is 398 g/mol. The minimum absolute atomic E-state index is 0.0403. The van der Waals surface area contributed by atoms with Gasteiger partial charge in [0.2, 0.25) is 23.6 Å². The molecule has 0 radical (unpaired) electrons. The number of hydrogen-bond acceptors (Lipinski definition) is 4. The first kappa shape index (κ1) is 22.1. The highest BCUT2D eigenvalue weighted by molar-refractivity contribution is 5.88. The molecule has 2 rings (SSSR count). The first-order valence-corrected chi connectivity index (χ1v) is 9.74. The molecule has 156 valence electrons. The second kappa shape index (κ2) is 9.30. The number of alkyl halides is 2. The second-order valence-electron chi connectivity index (χ2n) is 8.29. The predicted molar refractivity (Wildman–Crippen MR) is 97.0 cm³/mol. The summed E-state index contributed by atoms with van der Waals surface area (Å²) < 4.78 is 25.8. The van der Waals surface area contributed by atoms with E-state index in [9.17, 15) is 28.4 Å². The highest BCUT2D eigenvalue weighted by Gasteiger charge is 2.45. The van der Waals surface area contributed by atoms with Gasteiger partial charge in [-0.25, -0.2) is 8.78 Å². The Hall–Kier alpha value is -2.24. The van der Waals surface area contributed by atoms with E-state index in [-0.39, 0.29) is 49.3 Å². The van der Waals surface area contributed by atoms with Crippen molar-refractivity contribution in [3.63, 3.8) is 0 Å². The number of halogens is 2. The van der Waals surface area contributed by atoms with Gasteiger partial charge >= 0.3 is 0 Å². The summed E-state index contributed by atoms with van der Waals surface area (Å²) in [5, 5.41) is 17.2. The van der Waals surface area contributed by atoms with Gasteiger partial charge in [-0.2, -0.15) is 5.26 Å². The van der Waals surface area contributed by atoms with Gasteiger partial charge in [-0.15, -0.1) is 0 Å². The summed E-state index contributed by atoms with van der Waals surface area (Å²) in [5.41, 5.74) is 0. The van der Waals surface area contributed by atoms with Crippen LogP contribution in [0.4, 0.5) is 8.78 Å². The molecule has 1 saturated heterocycles. The minimum atomic E-state index is -2.69. The Morgan fingerprint density at radius 1 is 1.32 bits per heavy atom. The maximum atomic E-state index is 12.9. The second-order valence-corrected chi connectivity index (χ2v) is 8.29. The molecule has 1 heterocycles. The number of nitrogens with one attached hydrogen (secondary N) is 3. The number of nitriles is 1. The van der Waals surface area contributed by atoms with E-state index in [4.69, 9.17) is 0 Å². The van der Waals surface area contributed by atoms with Gasteiger partial charge in [-0.3, -0.25) is 14.4 Å². The summed E-state index contributed by atoms with van der Waals surface area (Å²) in [4.78, 5) is 36.5. The number of amides is 3. The maximum Gasteiger partial charge on any atom is 0.248 e. The van der Waals surface area contributed by atoms with E-state index in [1.165, 1.54) is 0 Å². The molecule has 1 saturated carbocycles. The fourth-order valence-corrected chi connectivity index (χ4v) is 3.72. The summed E-state index contributed by atoms with van der Waals surface area (Å²) in [6.07, 6.45) is 0.545. The maximum absolute atomic E-state index is 12.9. The van der Waals surface area contributed by atoms with Crippen molar-refractivity contribution in [2.24, 2.45) is 17.8 Å². The van der Waals surface area contributed by atoms with Crippen molar-refractivity contribution in [2.75, 3.05) is 6.54 Å². The highest BCUT2D eigenvalue weighted by atomic mass is 19.3. The molecule has 2 aliphatic rings. The molecule has 1 aliphatic carbocycles. The molecule has 9 heteroatoms. The zero-order chi connectivity index (χ0) is 20.9. The summed E-state index contributed by atoms with van der Waals surface area (Å²) in [6, 6.07) is 0.312. The van der Waals surface area contributed by atoms with Gasteiger partial charge in [0.25, 0.3) is 0 Å². The molecule has 0 aromatic heterocycles. The predicted octanol–water partition coefficient (Wildman–Crippen LogP) is 1.49. The zero-order valence-electron chi connectivity index (χ0n) is 16.3. The fraction of sp³-hybridized carbons (Fsp3) is 0.789. The minimum Gasteiger partial charge on any atom is -0.356 e. The fourth-order valence-electron chi connectivity index (χ4n) is 3.72. The van der Waals surface area contributed by atoms with Crippen LogP contribution in [-0.2, 0) is 14.4 Å². The van der Waals surface area contributed by atoms with Crippen molar-refractivity contribution in [2.45, 2.75) is 70.4 Å². The molecule has 0 bridgehead atoms. The molecule has 0 aromatic rings. The van der Waals surface area contributed by atoms with E-state index >= 15 is 0 Å². The highest BCUT2D eigenvalue weighted by Crippen LogP contribution is 2.43.